The minimum Gasteiger partial charge on any atom is -0.481 e. The zero-order valence-corrected chi connectivity index (χ0v) is 12.4. The molecular weight excluding hydrogens is 334 g/mol. The summed E-state index contributed by atoms with van der Waals surface area (Å²) in [6.45, 7) is 0.00414. The predicted molar refractivity (Wildman–Crippen MR) is 71.3 cm³/mol. The first-order chi connectivity index (χ1) is 11.0. The van der Waals surface area contributed by atoms with E-state index in [-0.39, 0.29) is 0 Å². The van der Waals surface area contributed by atoms with E-state index in [1.807, 2.05) is 0 Å². The molecule has 0 aromatic carbocycles. The smallest absolute Gasteiger partial charge is 0.365 e. The van der Waals surface area contributed by atoms with Gasteiger partial charge in [0.2, 0.25) is 5.91 Å². The van der Waals surface area contributed by atoms with Crippen molar-refractivity contribution in [2.24, 2.45) is 5.92 Å². The van der Waals surface area contributed by atoms with Crippen molar-refractivity contribution in [1.29, 1.82) is 0 Å². The standard InChI is InChI=1S/C12H19NO11/c1-3(15)13-6-8(18)5(10(19)20)12(23,11(21)22)24-9(6)7(17)4(16)2-14/h4-9,14,16-18,23H,2H2,1H3,(H,13,15)(H,19,20)(H,21,22)/t4-,5?,6-,7?,8+,9-,12-/m1/s1. The number of hydrogen-bond acceptors (Lipinski definition) is 9. The van der Waals surface area contributed by atoms with Crippen LogP contribution in [-0.4, -0.2) is 96.4 Å². The van der Waals surface area contributed by atoms with Crippen molar-refractivity contribution in [2.45, 2.75) is 43.2 Å². The van der Waals surface area contributed by atoms with E-state index in [2.05, 4.69) is 5.32 Å². The van der Waals surface area contributed by atoms with Gasteiger partial charge in [0.25, 0.3) is 5.79 Å². The molecule has 24 heavy (non-hydrogen) atoms. The van der Waals surface area contributed by atoms with Gasteiger partial charge in [-0.15, -0.1) is 0 Å². The van der Waals surface area contributed by atoms with E-state index in [9.17, 15) is 34.8 Å². The van der Waals surface area contributed by atoms with Crippen molar-refractivity contribution in [3.05, 3.63) is 0 Å². The molecule has 7 atom stereocenters. The number of aliphatic hydroxyl groups is 5. The van der Waals surface area contributed by atoms with Crippen LogP contribution in [0.3, 0.4) is 0 Å². The maximum Gasteiger partial charge on any atom is 0.365 e. The number of carboxylic acids is 2. The number of aliphatic carboxylic acids is 2. The van der Waals surface area contributed by atoms with Gasteiger partial charge in [0, 0.05) is 6.92 Å². The van der Waals surface area contributed by atoms with E-state index >= 15 is 0 Å². The molecule has 0 saturated carbocycles. The molecule has 138 valence electrons. The topological polar surface area (TPSA) is 214 Å². The Morgan fingerprint density at radius 2 is 1.79 bits per heavy atom. The second-order valence-corrected chi connectivity index (χ2v) is 5.36. The fourth-order valence-corrected chi connectivity index (χ4v) is 2.50. The average molecular weight is 353 g/mol. The molecule has 1 aliphatic rings. The maximum absolute atomic E-state index is 11.3. The SMILES string of the molecule is CC(=O)N[C@@H]1[C@@H](O)C(C(=O)O)[C@](O)(C(=O)O)O[C@H]1C(O)[C@H](O)CO. The van der Waals surface area contributed by atoms with Gasteiger partial charge in [-0.1, -0.05) is 0 Å². The summed E-state index contributed by atoms with van der Waals surface area (Å²) < 4.78 is 4.76. The first kappa shape index (κ1) is 20.2. The molecule has 12 nitrogen and oxygen atoms in total. The van der Waals surface area contributed by atoms with E-state index in [0.29, 0.717) is 0 Å². The molecular formula is C12H19NO11. The number of hydrogen-bond donors (Lipinski definition) is 8. The lowest BCUT2D eigenvalue weighted by Gasteiger charge is -2.47. The summed E-state index contributed by atoms with van der Waals surface area (Å²) in [5.74, 6) is -10.7. The van der Waals surface area contributed by atoms with Gasteiger partial charge in [0.05, 0.1) is 18.8 Å². The first-order valence-electron chi connectivity index (χ1n) is 6.75. The van der Waals surface area contributed by atoms with Gasteiger partial charge < -0.3 is 45.8 Å². The van der Waals surface area contributed by atoms with Crippen LogP contribution in [-0.2, 0) is 19.1 Å². The maximum atomic E-state index is 11.3. The molecule has 0 aromatic rings. The van der Waals surface area contributed by atoms with Gasteiger partial charge >= 0.3 is 11.9 Å². The quantitative estimate of drug-likeness (QED) is 0.227. The molecule has 0 radical (unpaired) electrons. The Morgan fingerprint density at radius 1 is 1.25 bits per heavy atom. The number of nitrogens with one attached hydrogen (secondary N) is 1. The van der Waals surface area contributed by atoms with Gasteiger partial charge in [0.15, 0.2) is 0 Å². The van der Waals surface area contributed by atoms with Crippen LogP contribution in [0.2, 0.25) is 0 Å². The minimum absolute atomic E-state index is 0.789. The number of rotatable bonds is 6. The monoisotopic (exact) mass is 353 g/mol. The van der Waals surface area contributed by atoms with E-state index in [1.165, 1.54) is 0 Å². The summed E-state index contributed by atoms with van der Waals surface area (Å²) in [4.78, 5) is 33.7. The Kier molecular flexibility index (Phi) is 6.21. The summed E-state index contributed by atoms with van der Waals surface area (Å²) in [6, 6.07) is -1.68. The van der Waals surface area contributed by atoms with Crippen LogP contribution in [0.4, 0.5) is 0 Å². The van der Waals surface area contributed by atoms with Crippen LogP contribution < -0.4 is 5.32 Å². The van der Waals surface area contributed by atoms with Crippen LogP contribution in [0.1, 0.15) is 6.92 Å². The lowest BCUT2D eigenvalue weighted by Crippen LogP contribution is -2.72. The molecule has 12 heteroatoms. The molecule has 1 saturated heterocycles. The fraction of sp³-hybridized carbons (Fsp3) is 0.750. The van der Waals surface area contributed by atoms with Gasteiger partial charge in [-0.3, -0.25) is 9.59 Å². The minimum atomic E-state index is -3.44. The molecule has 2 unspecified atom stereocenters. The van der Waals surface area contributed by atoms with Gasteiger partial charge in [-0.05, 0) is 0 Å². The van der Waals surface area contributed by atoms with Crippen LogP contribution in [0.25, 0.3) is 0 Å². The van der Waals surface area contributed by atoms with Crippen molar-refractivity contribution >= 4 is 17.8 Å². The second-order valence-electron chi connectivity index (χ2n) is 5.36. The highest BCUT2D eigenvalue weighted by molar-refractivity contribution is 5.85. The molecule has 0 bridgehead atoms. The second kappa shape index (κ2) is 7.38. The average Bonchev–Trinajstić information content (AvgIpc) is 2.47. The Labute approximate surface area is 134 Å². The molecule has 1 aliphatic heterocycles. The Bertz CT molecular complexity index is 511. The van der Waals surface area contributed by atoms with Crippen LogP contribution in [0.5, 0.6) is 0 Å². The molecule has 8 N–H and O–H groups in total. The van der Waals surface area contributed by atoms with Gasteiger partial charge in [-0.25, -0.2) is 4.79 Å². The molecule has 0 spiro atoms. The summed E-state index contributed by atoms with van der Waals surface area (Å²) in [5, 5.41) is 68.7. The van der Waals surface area contributed by atoms with Crippen molar-refractivity contribution in [3.63, 3.8) is 0 Å². The predicted octanol–water partition coefficient (Wildman–Crippen LogP) is -4.56. The number of carbonyl (C=O) groups excluding carboxylic acids is 1. The van der Waals surface area contributed by atoms with E-state index in [0.717, 1.165) is 6.92 Å². The van der Waals surface area contributed by atoms with Crippen molar-refractivity contribution < 1.29 is 54.9 Å². The summed E-state index contributed by atoms with van der Waals surface area (Å²) in [5.41, 5.74) is 0. The Hall–Kier alpha value is -1.83. The number of carbonyl (C=O) groups is 3. The number of carboxylic acid groups (broad SMARTS) is 2. The van der Waals surface area contributed by atoms with Gasteiger partial charge in [0.1, 0.15) is 24.2 Å². The normalized spacial score (nSPS) is 35.8. The zero-order valence-electron chi connectivity index (χ0n) is 12.4. The zero-order chi connectivity index (χ0) is 18.8. The fourth-order valence-electron chi connectivity index (χ4n) is 2.50. The van der Waals surface area contributed by atoms with Crippen LogP contribution >= 0.6 is 0 Å². The van der Waals surface area contributed by atoms with E-state index in [4.69, 9.17) is 20.1 Å². The highest BCUT2D eigenvalue weighted by Crippen LogP contribution is 2.35. The highest BCUT2D eigenvalue weighted by Gasteiger charge is 2.63. The van der Waals surface area contributed by atoms with Crippen molar-refractivity contribution in [2.75, 3.05) is 6.61 Å². The summed E-state index contributed by atoms with van der Waals surface area (Å²) in [6.07, 6.45) is -8.05. The molecule has 0 aliphatic carbocycles. The number of amides is 1. The Balaban J connectivity index is 3.36. The van der Waals surface area contributed by atoms with Gasteiger partial charge in [-0.2, -0.15) is 0 Å². The number of ether oxygens (including phenoxy) is 1. The third-order valence-corrected chi connectivity index (χ3v) is 3.66. The van der Waals surface area contributed by atoms with E-state index in [1.54, 1.807) is 0 Å². The third kappa shape index (κ3) is 3.63. The molecule has 1 rings (SSSR count). The molecule has 1 heterocycles. The largest absolute Gasteiger partial charge is 0.481 e. The molecule has 0 aromatic heterocycles. The third-order valence-electron chi connectivity index (χ3n) is 3.66. The molecule has 1 fully saturated rings. The molecule has 1 amide bonds. The number of aliphatic hydroxyl groups excluding tert-OH is 4. The lowest BCUT2D eigenvalue weighted by molar-refractivity contribution is -0.316. The summed E-state index contributed by atoms with van der Waals surface area (Å²) in [7, 11) is 0. The lowest BCUT2D eigenvalue weighted by atomic mass is 9.80. The highest BCUT2D eigenvalue weighted by atomic mass is 16.7. The van der Waals surface area contributed by atoms with Crippen molar-refractivity contribution in [1.82, 2.24) is 5.32 Å². The van der Waals surface area contributed by atoms with Crippen LogP contribution in [0, 0.1) is 5.92 Å². The van der Waals surface area contributed by atoms with Crippen molar-refractivity contribution in [3.8, 4) is 0 Å². The summed E-state index contributed by atoms with van der Waals surface area (Å²) >= 11 is 0. The van der Waals surface area contributed by atoms with Crippen LogP contribution in [0.15, 0.2) is 0 Å². The first-order valence-corrected chi connectivity index (χ1v) is 6.75. The Morgan fingerprint density at radius 3 is 2.17 bits per heavy atom. The van der Waals surface area contributed by atoms with E-state index < -0.39 is 66.6 Å².